The molecular formula is C17H13F17O3S2. The quantitative estimate of drug-likeness (QED) is 0.244. The average molecular weight is 652 g/mol. The van der Waals surface area contributed by atoms with Crippen molar-refractivity contribution in [1.82, 2.24) is 0 Å². The van der Waals surface area contributed by atoms with Crippen LogP contribution in [0.25, 0.3) is 0 Å². The summed E-state index contributed by atoms with van der Waals surface area (Å²) in [6.07, 6.45) is -6.66. The average Bonchev–Trinajstić information content (AvgIpc) is 2.71. The summed E-state index contributed by atoms with van der Waals surface area (Å²) in [7, 11) is -11.4. The van der Waals surface area contributed by atoms with Gasteiger partial charge in [0.2, 0.25) is 0 Å². The van der Waals surface area contributed by atoms with E-state index in [1.165, 1.54) is 19.1 Å². The van der Waals surface area contributed by atoms with Crippen LogP contribution < -0.4 is 0 Å². The first-order chi connectivity index (χ1) is 16.7. The van der Waals surface area contributed by atoms with Crippen molar-refractivity contribution in [2.45, 2.75) is 58.8 Å². The molecule has 1 aromatic rings. The van der Waals surface area contributed by atoms with Gasteiger partial charge in [0, 0.05) is 4.90 Å². The van der Waals surface area contributed by atoms with E-state index in [9.17, 15) is 83.1 Å². The molecular weight excluding hydrogens is 639 g/mol. The number of alkyl halides is 17. The van der Waals surface area contributed by atoms with Crippen LogP contribution in [0.5, 0.6) is 0 Å². The van der Waals surface area contributed by atoms with Crippen molar-refractivity contribution in [3.05, 3.63) is 29.8 Å². The number of rotatable bonds is 10. The van der Waals surface area contributed by atoms with E-state index in [0.717, 1.165) is 12.1 Å². The zero-order valence-corrected chi connectivity index (χ0v) is 20.4. The maximum atomic E-state index is 14.2. The molecule has 0 radical (unpaired) electrons. The molecule has 0 N–H and O–H groups in total. The summed E-state index contributed by atoms with van der Waals surface area (Å²) >= 11 is 0. The Bertz CT molecular complexity index is 1170. The molecule has 0 bridgehead atoms. The normalized spacial score (nSPS) is 16.4. The highest BCUT2D eigenvalue weighted by atomic mass is 32.3. The van der Waals surface area contributed by atoms with E-state index in [4.69, 9.17) is 0 Å². The molecule has 0 fully saturated rings. The van der Waals surface area contributed by atoms with Crippen LogP contribution in [0.4, 0.5) is 74.6 Å². The highest BCUT2D eigenvalue weighted by molar-refractivity contribution is 8.32. The Morgan fingerprint density at radius 3 is 1.26 bits per heavy atom. The molecule has 3 nitrogen and oxygen atoms in total. The third kappa shape index (κ3) is 4.90. The largest absolute Gasteiger partial charge is 0.460 e. The second-order valence-corrected chi connectivity index (χ2v) is 12.9. The molecule has 0 aliphatic heterocycles. The van der Waals surface area contributed by atoms with Gasteiger partial charge in [0.15, 0.2) is 0 Å². The maximum absolute atomic E-state index is 14.2. The summed E-state index contributed by atoms with van der Waals surface area (Å²) < 4.78 is 255. The first-order valence-corrected chi connectivity index (χ1v) is 13.0. The van der Waals surface area contributed by atoms with Crippen molar-refractivity contribution < 1.29 is 86.7 Å². The van der Waals surface area contributed by atoms with Crippen molar-refractivity contribution in [2.75, 3.05) is 12.5 Å². The molecule has 0 unspecified atom stereocenters. The van der Waals surface area contributed by atoms with Gasteiger partial charge >= 0.3 is 57.1 Å². The van der Waals surface area contributed by atoms with Crippen molar-refractivity contribution in [1.29, 1.82) is 0 Å². The van der Waals surface area contributed by atoms with Crippen LogP contribution in [0.15, 0.2) is 29.2 Å². The number of benzene rings is 1. The zero-order chi connectivity index (χ0) is 31.7. The van der Waals surface area contributed by atoms with Crippen LogP contribution in [0, 0.1) is 6.92 Å². The highest BCUT2D eigenvalue weighted by Gasteiger charge is 2.96. The topological polar surface area (TPSA) is 43.4 Å². The van der Waals surface area contributed by atoms with Crippen molar-refractivity contribution in [3.8, 4) is 0 Å². The standard InChI is InChI=1S/C17H13F17O3S2/c1-8-6-4-5-7-9(8)38(2,3)37-39(35,36)17(33,34)15(28,29)13(24,25)11(20,21)10(18,19)12(22,23)14(26,27)16(30,31)32/h4-7H,1-3H3. The second-order valence-electron chi connectivity index (χ2n) is 7.98. The fraction of sp³-hybridized carbons (Fsp3) is 0.647. The number of hydrogen-bond acceptors (Lipinski definition) is 3. The maximum Gasteiger partial charge on any atom is 0.460 e. The minimum atomic E-state index is -8.89. The molecule has 0 aromatic heterocycles. The Hall–Kier alpha value is -1.71. The lowest BCUT2D eigenvalue weighted by Crippen LogP contribution is -2.75. The van der Waals surface area contributed by atoms with Crippen LogP contribution in [0.3, 0.4) is 0 Å². The molecule has 0 aliphatic rings. The summed E-state index contributed by atoms with van der Waals surface area (Å²) in [5.41, 5.74) is 0.00658. The summed E-state index contributed by atoms with van der Waals surface area (Å²) in [4.78, 5) is -0.356. The van der Waals surface area contributed by atoms with Gasteiger partial charge < -0.3 is 0 Å². The smallest absolute Gasteiger partial charge is 0.211 e. The van der Waals surface area contributed by atoms with Gasteiger partial charge in [-0.2, -0.15) is 83.1 Å². The van der Waals surface area contributed by atoms with E-state index in [0.29, 0.717) is 12.5 Å². The molecule has 0 spiro atoms. The molecule has 0 saturated heterocycles. The van der Waals surface area contributed by atoms with Crippen LogP contribution in [-0.4, -0.2) is 67.9 Å². The second kappa shape index (κ2) is 9.41. The first-order valence-electron chi connectivity index (χ1n) is 9.18. The molecule has 1 rings (SSSR count). The van der Waals surface area contributed by atoms with Gasteiger partial charge in [0.25, 0.3) is 0 Å². The van der Waals surface area contributed by atoms with Crippen LogP contribution >= 0.6 is 10.3 Å². The zero-order valence-electron chi connectivity index (χ0n) is 18.8. The Balaban J connectivity index is 3.73. The van der Waals surface area contributed by atoms with Gasteiger partial charge in [0.05, 0.1) is 0 Å². The molecule has 0 saturated carbocycles. The molecule has 0 heterocycles. The van der Waals surface area contributed by atoms with E-state index in [2.05, 4.69) is 3.63 Å². The van der Waals surface area contributed by atoms with Crippen molar-refractivity contribution in [3.63, 3.8) is 0 Å². The Morgan fingerprint density at radius 2 is 0.897 bits per heavy atom. The lowest BCUT2D eigenvalue weighted by Gasteiger charge is -2.42. The van der Waals surface area contributed by atoms with Crippen molar-refractivity contribution in [2.24, 2.45) is 0 Å². The minimum Gasteiger partial charge on any atom is -0.211 e. The van der Waals surface area contributed by atoms with Gasteiger partial charge in [0.1, 0.15) is 0 Å². The van der Waals surface area contributed by atoms with Crippen molar-refractivity contribution >= 4 is 20.4 Å². The van der Waals surface area contributed by atoms with Crippen LogP contribution in [-0.2, 0) is 13.7 Å². The van der Waals surface area contributed by atoms with Gasteiger partial charge in [-0.15, -0.1) is 0 Å². The fourth-order valence-corrected chi connectivity index (χ4v) is 6.84. The Morgan fingerprint density at radius 1 is 0.564 bits per heavy atom. The van der Waals surface area contributed by atoms with E-state index in [1.54, 1.807) is 0 Å². The Kier molecular flexibility index (Phi) is 8.52. The monoisotopic (exact) mass is 652 g/mol. The molecule has 39 heavy (non-hydrogen) atoms. The summed E-state index contributed by atoms with van der Waals surface area (Å²) in [5, 5.41) is -7.71. The lowest BCUT2D eigenvalue weighted by atomic mass is 9.91. The predicted molar refractivity (Wildman–Crippen MR) is 99.6 cm³/mol. The summed E-state index contributed by atoms with van der Waals surface area (Å²) in [6, 6.07) is 4.49. The number of hydrogen-bond donors (Lipinski definition) is 0. The van der Waals surface area contributed by atoms with E-state index >= 15 is 0 Å². The molecule has 1 aromatic carbocycles. The Labute approximate surface area is 208 Å². The molecule has 0 atom stereocenters. The number of aryl methyl sites for hydroxylation is 1. The van der Waals surface area contributed by atoms with Gasteiger partial charge in [-0.25, -0.2) is 3.63 Å². The predicted octanol–water partition coefficient (Wildman–Crippen LogP) is 7.65. The molecule has 0 aliphatic carbocycles. The summed E-state index contributed by atoms with van der Waals surface area (Å²) in [5.74, 6) is -51.9. The van der Waals surface area contributed by atoms with Gasteiger partial charge in [-0.3, -0.25) is 0 Å². The first kappa shape index (κ1) is 35.3. The van der Waals surface area contributed by atoms with Crippen LogP contribution in [0.1, 0.15) is 5.56 Å². The highest BCUT2D eigenvalue weighted by Crippen LogP contribution is 2.65. The van der Waals surface area contributed by atoms with E-state index < -0.39 is 67.4 Å². The third-order valence-electron chi connectivity index (χ3n) is 4.89. The van der Waals surface area contributed by atoms with Gasteiger partial charge in [-0.05, 0) is 31.1 Å². The van der Waals surface area contributed by atoms with E-state index in [-0.39, 0.29) is 10.5 Å². The third-order valence-corrected chi connectivity index (χ3v) is 9.37. The molecule has 230 valence electrons. The fourth-order valence-electron chi connectivity index (χ4n) is 2.72. The van der Waals surface area contributed by atoms with Crippen LogP contribution in [0.2, 0.25) is 0 Å². The van der Waals surface area contributed by atoms with E-state index in [1.807, 2.05) is 0 Å². The SMILES string of the molecule is Cc1ccccc1S(C)(C)OS(=O)(=O)C(F)(F)C(F)(F)C(F)(F)C(F)(F)C(F)(F)C(F)(F)C(F)(F)C(F)(F)F. The number of halogens is 17. The molecule has 22 heteroatoms. The lowest BCUT2D eigenvalue weighted by molar-refractivity contribution is -0.458. The minimum absolute atomic E-state index is 0.00658. The summed E-state index contributed by atoms with van der Waals surface area (Å²) in [6.45, 7) is 1.17. The van der Waals surface area contributed by atoms with Gasteiger partial charge in [-0.1, -0.05) is 28.5 Å². The molecule has 0 amide bonds.